The molecule has 2 heteroatoms. The van der Waals surface area contributed by atoms with Crippen LogP contribution in [0.15, 0.2) is 17.0 Å². The molecule has 0 aliphatic heterocycles. The molecule has 0 atom stereocenters. The fraction of sp³-hybridized carbons (Fsp3) is 0.538. The van der Waals surface area contributed by atoms with Crippen molar-refractivity contribution in [3.8, 4) is 0 Å². The summed E-state index contributed by atoms with van der Waals surface area (Å²) in [5.74, 6) is 1.20. The van der Waals surface area contributed by atoms with Crippen LogP contribution in [0, 0.1) is 13.8 Å². The maximum Gasteiger partial charge on any atom is 0.0104 e. The summed E-state index contributed by atoms with van der Waals surface area (Å²) in [4.78, 5) is 1.43. The average molecular weight is 223 g/mol. The van der Waals surface area contributed by atoms with E-state index in [1.54, 1.807) is 0 Å². The first-order valence-electron chi connectivity index (χ1n) is 5.62. The Labute approximate surface area is 97.4 Å². The lowest BCUT2D eigenvalue weighted by molar-refractivity contribution is 0.950. The van der Waals surface area contributed by atoms with Crippen LogP contribution in [0.3, 0.4) is 0 Å². The van der Waals surface area contributed by atoms with E-state index in [0.717, 1.165) is 13.0 Å². The number of thioether (sulfide) groups is 1. The van der Waals surface area contributed by atoms with Crippen LogP contribution in [0.4, 0.5) is 0 Å². The number of hydrogen-bond acceptors (Lipinski definition) is 2. The van der Waals surface area contributed by atoms with E-state index in [1.807, 2.05) is 11.8 Å². The molecule has 1 nitrogen and oxygen atoms in total. The average Bonchev–Trinajstić information content (AvgIpc) is 2.21. The molecular formula is C13H21NS. The molecule has 0 aliphatic carbocycles. The van der Waals surface area contributed by atoms with Gasteiger partial charge in [0.05, 0.1) is 0 Å². The SMILES string of the molecule is CCCSc1cc(C)c(CCN)cc1C. The molecule has 1 rings (SSSR count). The molecule has 84 valence electrons. The summed E-state index contributed by atoms with van der Waals surface area (Å²) in [5, 5.41) is 0. The minimum Gasteiger partial charge on any atom is -0.330 e. The summed E-state index contributed by atoms with van der Waals surface area (Å²) in [7, 11) is 0. The van der Waals surface area contributed by atoms with Crippen LogP contribution in [0.2, 0.25) is 0 Å². The van der Waals surface area contributed by atoms with Gasteiger partial charge in [-0.25, -0.2) is 0 Å². The Morgan fingerprint density at radius 3 is 2.53 bits per heavy atom. The molecule has 0 aliphatic rings. The lowest BCUT2D eigenvalue weighted by Crippen LogP contribution is -2.04. The second-order valence-corrected chi connectivity index (χ2v) is 5.07. The van der Waals surface area contributed by atoms with Gasteiger partial charge in [0, 0.05) is 4.90 Å². The molecule has 0 saturated carbocycles. The van der Waals surface area contributed by atoms with E-state index >= 15 is 0 Å². The highest BCUT2D eigenvalue weighted by Crippen LogP contribution is 2.26. The molecule has 0 heterocycles. The Balaban J connectivity index is 2.87. The minimum atomic E-state index is 0.738. The van der Waals surface area contributed by atoms with Gasteiger partial charge in [-0.1, -0.05) is 13.0 Å². The molecule has 0 bridgehead atoms. The highest BCUT2D eigenvalue weighted by atomic mass is 32.2. The lowest BCUT2D eigenvalue weighted by Gasteiger charge is -2.11. The van der Waals surface area contributed by atoms with Gasteiger partial charge >= 0.3 is 0 Å². The number of nitrogens with two attached hydrogens (primary N) is 1. The highest BCUT2D eigenvalue weighted by molar-refractivity contribution is 7.99. The van der Waals surface area contributed by atoms with Crippen LogP contribution in [-0.2, 0) is 6.42 Å². The van der Waals surface area contributed by atoms with Gasteiger partial charge in [-0.05, 0) is 61.7 Å². The van der Waals surface area contributed by atoms with Crippen LogP contribution in [0.1, 0.15) is 30.0 Å². The third kappa shape index (κ3) is 3.54. The normalized spacial score (nSPS) is 10.7. The standard InChI is InChI=1S/C13H21NS/c1-4-7-15-13-9-10(2)12(5-6-14)8-11(13)3/h8-9H,4-7,14H2,1-3H3. The van der Waals surface area contributed by atoms with Crippen LogP contribution in [0.5, 0.6) is 0 Å². The maximum atomic E-state index is 5.59. The van der Waals surface area contributed by atoms with Gasteiger partial charge in [0.25, 0.3) is 0 Å². The van der Waals surface area contributed by atoms with Gasteiger partial charge in [-0.15, -0.1) is 11.8 Å². The van der Waals surface area contributed by atoms with Gasteiger partial charge in [0.15, 0.2) is 0 Å². The number of rotatable bonds is 5. The highest BCUT2D eigenvalue weighted by Gasteiger charge is 2.04. The van der Waals surface area contributed by atoms with Gasteiger partial charge in [-0.3, -0.25) is 0 Å². The fourth-order valence-electron chi connectivity index (χ4n) is 1.64. The second-order valence-electron chi connectivity index (χ2n) is 3.93. The van der Waals surface area contributed by atoms with Crippen molar-refractivity contribution < 1.29 is 0 Å². The number of aryl methyl sites for hydroxylation is 2. The predicted molar refractivity (Wildman–Crippen MR) is 69.7 cm³/mol. The van der Waals surface area contributed by atoms with E-state index < -0.39 is 0 Å². The smallest absolute Gasteiger partial charge is 0.0104 e. The van der Waals surface area contributed by atoms with E-state index in [4.69, 9.17) is 5.73 Å². The molecular weight excluding hydrogens is 202 g/mol. The third-order valence-electron chi connectivity index (χ3n) is 2.51. The summed E-state index contributed by atoms with van der Waals surface area (Å²) in [6.45, 7) is 7.33. The summed E-state index contributed by atoms with van der Waals surface area (Å²) in [5.41, 5.74) is 9.76. The number of benzene rings is 1. The van der Waals surface area contributed by atoms with E-state index in [9.17, 15) is 0 Å². The fourth-order valence-corrected chi connectivity index (χ4v) is 2.61. The zero-order chi connectivity index (χ0) is 11.3. The molecule has 0 radical (unpaired) electrons. The molecule has 1 aromatic rings. The van der Waals surface area contributed by atoms with E-state index in [-0.39, 0.29) is 0 Å². The van der Waals surface area contributed by atoms with E-state index in [0.29, 0.717) is 0 Å². The molecule has 0 spiro atoms. The van der Waals surface area contributed by atoms with Crippen molar-refractivity contribution in [2.75, 3.05) is 12.3 Å². The monoisotopic (exact) mass is 223 g/mol. The first-order chi connectivity index (χ1) is 7.19. The zero-order valence-electron chi connectivity index (χ0n) is 9.97. The molecule has 1 aromatic carbocycles. The van der Waals surface area contributed by atoms with Crippen molar-refractivity contribution >= 4 is 11.8 Å². The van der Waals surface area contributed by atoms with Crippen LogP contribution >= 0.6 is 11.8 Å². The lowest BCUT2D eigenvalue weighted by atomic mass is 10.0. The molecule has 0 unspecified atom stereocenters. The van der Waals surface area contributed by atoms with Crippen molar-refractivity contribution in [1.82, 2.24) is 0 Å². The topological polar surface area (TPSA) is 26.0 Å². The Bertz CT molecular complexity index is 321. The van der Waals surface area contributed by atoms with Crippen LogP contribution in [0.25, 0.3) is 0 Å². The summed E-state index contributed by atoms with van der Waals surface area (Å²) >= 11 is 1.96. The van der Waals surface area contributed by atoms with Crippen molar-refractivity contribution in [3.05, 3.63) is 28.8 Å². The van der Waals surface area contributed by atoms with Crippen molar-refractivity contribution in [1.29, 1.82) is 0 Å². The van der Waals surface area contributed by atoms with Crippen molar-refractivity contribution in [3.63, 3.8) is 0 Å². The van der Waals surface area contributed by atoms with Crippen LogP contribution in [-0.4, -0.2) is 12.3 Å². The van der Waals surface area contributed by atoms with Crippen LogP contribution < -0.4 is 5.73 Å². The number of hydrogen-bond donors (Lipinski definition) is 1. The maximum absolute atomic E-state index is 5.59. The van der Waals surface area contributed by atoms with Gasteiger partial charge in [0.2, 0.25) is 0 Å². The van der Waals surface area contributed by atoms with Crippen molar-refractivity contribution in [2.24, 2.45) is 5.73 Å². The van der Waals surface area contributed by atoms with Crippen molar-refractivity contribution in [2.45, 2.75) is 38.5 Å². The molecule has 2 N–H and O–H groups in total. The first kappa shape index (κ1) is 12.6. The largest absolute Gasteiger partial charge is 0.330 e. The summed E-state index contributed by atoms with van der Waals surface area (Å²) in [6.07, 6.45) is 2.22. The minimum absolute atomic E-state index is 0.738. The van der Waals surface area contributed by atoms with Gasteiger partial charge in [-0.2, -0.15) is 0 Å². The third-order valence-corrected chi connectivity index (χ3v) is 3.87. The molecule has 0 aromatic heterocycles. The Morgan fingerprint density at radius 1 is 1.20 bits per heavy atom. The molecule has 0 fully saturated rings. The van der Waals surface area contributed by atoms with E-state index in [1.165, 1.54) is 33.8 Å². The Hall–Kier alpha value is -0.470. The van der Waals surface area contributed by atoms with Gasteiger partial charge < -0.3 is 5.73 Å². The van der Waals surface area contributed by atoms with E-state index in [2.05, 4.69) is 32.9 Å². The first-order valence-corrected chi connectivity index (χ1v) is 6.60. The summed E-state index contributed by atoms with van der Waals surface area (Å²) in [6, 6.07) is 4.60. The Morgan fingerprint density at radius 2 is 1.93 bits per heavy atom. The predicted octanol–water partition coefficient (Wildman–Crippen LogP) is 3.31. The van der Waals surface area contributed by atoms with Gasteiger partial charge in [0.1, 0.15) is 0 Å². The molecule has 0 amide bonds. The molecule has 0 saturated heterocycles. The second kappa shape index (κ2) is 6.19. The quantitative estimate of drug-likeness (QED) is 0.775. The Kier molecular flexibility index (Phi) is 5.20. The zero-order valence-corrected chi connectivity index (χ0v) is 10.8. The molecule has 15 heavy (non-hydrogen) atoms. The summed E-state index contributed by atoms with van der Waals surface area (Å²) < 4.78 is 0.